The van der Waals surface area contributed by atoms with E-state index in [0.29, 0.717) is 0 Å². The molecule has 4 aliphatic rings. The number of fused-ring (bicyclic) bond motifs is 17. The van der Waals surface area contributed by atoms with Crippen LogP contribution in [0.5, 0.6) is 0 Å². The Hall–Kier alpha value is -7.14. The van der Waals surface area contributed by atoms with E-state index in [9.17, 15) is 0 Å². The van der Waals surface area contributed by atoms with E-state index >= 15 is 0 Å². The van der Waals surface area contributed by atoms with Crippen molar-refractivity contribution in [2.75, 3.05) is 9.71 Å². The van der Waals surface area contributed by atoms with Gasteiger partial charge in [-0.05, 0) is 113 Å². The van der Waals surface area contributed by atoms with Crippen LogP contribution in [-0.4, -0.2) is 6.85 Å². The van der Waals surface area contributed by atoms with Crippen LogP contribution in [0.2, 0.25) is 0 Å². The van der Waals surface area contributed by atoms with Crippen LogP contribution in [0.1, 0.15) is 48.6 Å². The second-order valence-corrected chi connectivity index (χ2v) is 19.8. The molecule has 1 spiro atoms. The molecule has 14 rings (SSSR count). The molecular weight excluding hydrogens is 780 g/mol. The fourth-order valence-corrected chi connectivity index (χ4v) is 13.3. The number of thiophene rings is 1. The van der Waals surface area contributed by atoms with E-state index in [4.69, 9.17) is 0 Å². The number of benzene rings is 9. The molecule has 0 unspecified atom stereocenters. The molecule has 296 valence electrons. The highest BCUT2D eigenvalue weighted by Gasteiger charge is 2.56. The number of para-hydroxylation sites is 2. The van der Waals surface area contributed by atoms with E-state index in [1.807, 2.05) is 11.3 Å². The quantitative estimate of drug-likeness (QED) is 0.160. The molecule has 9 aromatic carbocycles. The van der Waals surface area contributed by atoms with Crippen LogP contribution < -0.4 is 20.6 Å². The largest absolute Gasteiger partial charge is 0.376 e. The fourth-order valence-electron chi connectivity index (χ4n) is 12.0. The molecule has 10 aromatic rings. The van der Waals surface area contributed by atoms with Crippen molar-refractivity contribution >= 4 is 77.7 Å². The lowest BCUT2D eigenvalue weighted by atomic mass is 9.42. The highest BCUT2D eigenvalue weighted by molar-refractivity contribution is 7.26. The lowest BCUT2D eigenvalue weighted by Crippen LogP contribution is -2.62. The standard InChI is InChI=1S/C59H41BN2S/c1-58(2,3)38-32-33-49(44(35-38)36-18-5-4-6-19-36)61-51-34-37-20-7-8-21-39(37)53-43-25-17-29-48-56(43)62(60(55(51)53)54-42-24-11-16-31-52(42)63-57(54)61)50-30-15-14-28-47(50)59(48)45-26-12-9-22-40(45)41-23-10-13-27-46(41)59/h4-35H,1-3H3. The molecule has 63 heavy (non-hydrogen) atoms. The van der Waals surface area contributed by atoms with Gasteiger partial charge in [0.2, 0.25) is 0 Å². The van der Waals surface area contributed by atoms with Crippen LogP contribution in [0.15, 0.2) is 194 Å². The Kier molecular flexibility index (Phi) is 7.03. The monoisotopic (exact) mass is 820 g/mol. The Morgan fingerprint density at radius 3 is 1.89 bits per heavy atom. The first kappa shape index (κ1) is 35.5. The summed E-state index contributed by atoms with van der Waals surface area (Å²) in [7, 11) is 0. The third kappa shape index (κ3) is 4.49. The summed E-state index contributed by atoms with van der Waals surface area (Å²) in [6.45, 7) is 6.87. The van der Waals surface area contributed by atoms with Gasteiger partial charge in [0, 0.05) is 32.9 Å². The van der Waals surface area contributed by atoms with Crippen molar-refractivity contribution in [1.29, 1.82) is 0 Å². The molecule has 0 saturated heterocycles. The Labute approximate surface area is 372 Å². The molecule has 0 saturated carbocycles. The molecular formula is C59H41BN2S. The van der Waals surface area contributed by atoms with Gasteiger partial charge in [-0.25, -0.2) is 0 Å². The lowest BCUT2D eigenvalue weighted by molar-refractivity contribution is 0.590. The maximum atomic E-state index is 2.77. The summed E-state index contributed by atoms with van der Waals surface area (Å²) in [6, 6.07) is 73.9. The maximum absolute atomic E-state index is 2.77. The molecule has 0 bridgehead atoms. The van der Waals surface area contributed by atoms with Crippen LogP contribution in [0, 0.1) is 0 Å². The molecule has 0 N–H and O–H groups in total. The zero-order valence-corrected chi connectivity index (χ0v) is 36.2. The van der Waals surface area contributed by atoms with Gasteiger partial charge in [0.1, 0.15) is 0 Å². The summed E-state index contributed by atoms with van der Waals surface area (Å²) in [6.07, 6.45) is 0. The van der Waals surface area contributed by atoms with Crippen molar-refractivity contribution < 1.29 is 0 Å². The topological polar surface area (TPSA) is 6.48 Å². The minimum atomic E-state index is -0.490. The normalized spacial score (nSPS) is 14.6. The highest BCUT2D eigenvalue weighted by Crippen LogP contribution is 2.65. The fraction of sp³-hybridized carbons (Fsp3) is 0.0847. The molecule has 0 amide bonds. The smallest absolute Gasteiger partial charge is 0.334 e. The molecule has 0 atom stereocenters. The molecule has 2 nitrogen and oxygen atoms in total. The van der Waals surface area contributed by atoms with Gasteiger partial charge in [0.25, 0.3) is 0 Å². The number of rotatable bonds is 2. The van der Waals surface area contributed by atoms with Crippen LogP contribution in [-0.2, 0) is 10.8 Å². The molecule has 4 heteroatoms. The second kappa shape index (κ2) is 12.5. The Morgan fingerprint density at radius 1 is 0.476 bits per heavy atom. The Morgan fingerprint density at radius 2 is 1.11 bits per heavy atom. The third-order valence-corrected chi connectivity index (χ3v) is 15.8. The molecule has 1 aromatic heterocycles. The first-order chi connectivity index (χ1) is 30.9. The number of hydrogen-bond acceptors (Lipinski definition) is 3. The van der Waals surface area contributed by atoms with E-state index in [1.165, 1.54) is 121 Å². The van der Waals surface area contributed by atoms with Crippen molar-refractivity contribution in [3.8, 4) is 33.4 Å². The second-order valence-electron chi connectivity index (χ2n) is 18.7. The van der Waals surface area contributed by atoms with Gasteiger partial charge in [-0.15, -0.1) is 11.3 Å². The minimum Gasteiger partial charge on any atom is -0.376 e. The number of nitrogens with zero attached hydrogens (tertiary/aromatic N) is 2. The SMILES string of the molecule is CC(C)(C)c1ccc(N2c3cc4ccccc4c4c3B(c3c2sc2ccccc32)N2c3ccccc3C3(c5ccccc5-c5ccccc53)c3cccc-4c32)c(-c2ccccc2)c1. The summed E-state index contributed by atoms with van der Waals surface area (Å²) >= 11 is 1.93. The maximum Gasteiger partial charge on any atom is 0.334 e. The van der Waals surface area contributed by atoms with Gasteiger partial charge >= 0.3 is 6.85 Å². The molecule has 1 aliphatic carbocycles. The van der Waals surface area contributed by atoms with Gasteiger partial charge in [-0.2, -0.15) is 0 Å². The molecule has 0 fully saturated rings. The lowest BCUT2D eigenvalue weighted by Gasteiger charge is -2.52. The summed E-state index contributed by atoms with van der Waals surface area (Å²) in [4.78, 5) is 5.41. The van der Waals surface area contributed by atoms with Crippen LogP contribution in [0.25, 0.3) is 54.2 Å². The zero-order valence-electron chi connectivity index (χ0n) is 35.4. The molecule has 4 heterocycles. The molecule has 3 aliphatic heterocycles. The summed E-state index contributed by atoms with van der Waals surface area (Å²) in [5.41, 5.74) is 21.8. The van der Waals surface area contributed by atoms with E-state index < -0.39 is 5.41 Å². The first-order valence-electron chi connectivity index (χ1n) is 22.2. The predicted octanol–water partition coefficient (Wildman–Crippen LogP) is 14.4. The van der Waals surface area contributed by atoms with Gasteiger partial charge in [0.15, 0.2) is 0 Å². The highest BCUT2D eigenvalue weighted by atomic mass is 32.1. The van der Waals surface area contributed by atoms with Crippen molar-refractivity contribution in [1.82, 2.24) is 0 Å². The third-order valence-electron chi connectivity index (χ3n) is 14.6. The van der Waals surface area contributed by atoms with Crippen LogP contribution in [0.4, 0.5) is 27.8 Å². The van der Waals surface area contributed by atoms with E-state index in [2.05, 4.69) is 225 Å². The van der Waals surface area contributed by atoms with Gasteiger partial charge in [-0.3, -0.25) is 0 Å². The predicted molar refractivity (Wildman–Crippen MR) is 268 cm³/mol. The average molecular weight is 821 g/mol. The zero-order chi connectivity index (χ0) is 41.8. The summed E-state index contributed by atoms with van der Waals surface area (Å²) < 4.78 is 1.30. The van der Waals surface area contributed by atoms with E-state index in [1.54, 1.807) is 0 Å². The Bertz CT molecular complexity index is 3550. The van der Waals surface area contributed by atoms with E-state index in [-0.39, 0.29) is 12.3 Å². The minimum absolute atomic E-state index is 0.0132. The van der Waals surface area contributed by atoms with Crippen molar-refractivity contribution in [2.24, 2.45) is 0 Å². The van der Waals surface area contributed by atoms with Crippen molar-refractivity contribution in [3.63, 3.8) is 0 Å². The first-order valence-corrected chi connectivity index (χ1v) is 23.0. The van der Waals surface area contributed by atoms with Gasteiger partial charge in [0.05, 0.1) is 16.1 Å². The van der Waals surface area contributed by atoms with Gasteiger partial charge in [-0.1, -0.05) is 185 Å². The number of hydrogen-bond donors (Lipinski definition) is 0. The summed E-state index contributed by atoms with van der Waals surface area (Å²) in [5, 5.41) is 5.15. The van der Waals surface area contributed by atoms with E-state index in [0.717, 1.165) is 0 Å². The van der Waals surface area contributed by atoms with Crippen LogP contribution in [0.3, 0.4) is 0 Å². The van der Waals surface area contributed by atoms with Crippen LogP contribution >= 0.6 is 11.3 Å². The molecule has 0 radical (unpaired) electrons. The number of anilines is 5. The van der Waals surface area contributed by atoms with Gasteiger partial charge < -0.3 is 9.71 Å². The van der Waals surface area contributed by atoms with Crippen molar-refractivity contribution in [3.05, 3.63) is 222 Å². The Balaban J connectivity index is 1.16. The van der Waals surface area contributed by atoms with Crippen molar-refractivity contribution in [2.45, 2.75) is 31.6 Å². The summed E-state index contributed by atoms with van der Waals surface area (Å²) in [5.74, 6) is 0. The average Bonchev–Trinajstić information content (AvgIpc) is 3.85.